The molecule has 0 fully saturated rings. The molecule has 2 atom stereocenters. The minimum absolute atomic E-state index is 0.115. The van der Waals surface area contributed by atoms with E-state index in [0.29, 0.717) is 12.2 Å². The second-order valence-corrected chi connectivity index (χ2v) is 3.95. The Morgan fingerprint density at radius 2 is 1.75 bits per heavy atom. The zero-order valence-corrected chi connectivity index (χ0v) is 9.76. The summed E-state index contributed by atoms with van der Waals surface area (Å²) < 4.78 is 30.9. The molecule has 0 radical (unpaired) electrons. The molecular formula is C12H17F2NO. The fourth-order valence-corrected chi connectivity index (χ4v) is 1.65. The van der Waals surface area contributed by atoms with Crippen molar-refractivity contribution in [3.05, 3.63) is 35.4 Å². The van der Waals surface area contributed by atoms with Crippen LogP contribution in [0.25, 0.3) is 0 Å². The minimum atomic E-state index is -0.553. The van der Waals surface area contributed by atoms with Crippen LogP contribution in [0, 0.1) is 11.6 Å². The Balaban J connectivity index is 2.68. The summed E-state index contributed by atoms with van der Waals surface area (Å²) in [6.07, 6.45) is 0. The van der Waals surface area contributed by atoms with E-state index in [1.54, 1.807) is 7.11 Å². The highest BCUT2D eigenvalue weighted by atomic mass is 19.1. The van der Waals surface area contributed by atoms with E-state index in [4.69, 9.17) is 4.74 Å². The number of hydrogen-bond donors (Lipinski definition) is 1. The lowest BCUT2D eigenvalue weighted by Crippen LogP contribution is -2.32. The van der Waals surface area contributed by atoms with Crippen molar-refractivity contribution >= 4 is 0 Å². The molecule has 0 aliphatic rings. The third-order valence-electron chi connectivity index (χ3n) is 2.34. The van der Waals surface area contributed by atoms with Crippen LogP contribution in [-0.4, -0.2) is 19.8 Å². The summed E-state index contributed by atoms with van der Waals surface area (Å²) >= 11 is 0. The average Bonchev–Trinajstić information content (AvgIpc) is 2.16. The maximum absolute atomic E-state index is 13.0. The van der Waals surface area contributed by atoms with E-state index in [0.717, 1.165) is 6.07 Å². The van der Waals surface area contributed by atoms with Crippen LogP contribution >= 0.6 is 0 Å². The van der Waals surface area contributed by atoms with Crippen molar-refractivity contribution in [1.82, 2.24) is 5.32 Å². The van der Waals surface area contributed by atoms with Crippen LogP contribution in [0.3, 0.4) is 0 Å². The Labute approximate surface area is 94.6 Å². The third kappa shape index (κ3) is 3.87. The van der Waals surface area contributed by atoms with Gasteiger partial charge in [-0.2, -0.15) is 0 Å². The number of nitrogens with one attached hydrogen (secondary N) is 1. The molecule has 2 unspecified atom stereocenters. The van der Waals surface area contributed by atoms with Gasteiger partial charge in [0, 0.05) is 25.3 Å². The van der Waals surface area contributed by atoms with Gasteiger partial charge in [0.15, 0.2) is 0 Å². The highest BCUT2D eigenvalue weighted by Crippen LogP contribution is 2.16. The molecule has 0 spiro atoms. The molecule has 16 heavy (non-hydrogen) atoms. The van der Waals surface area contributed by atoms with Gasteiger partial charge in [-0.1, -0.05) is 0 Å². The van der Waals surface area contributed by atoms with Crippen molar-refractivity contribution in [2.24, 2.45) is 0 Å². The molecule has 1 aromatic rings. The van der Waals surface area contributed by atoms with Gasteiger partial charge in [-0.15, -0.1) is 0 Å². The highest BCUT2D eigenvalue weighted by Gasteiger charge is 2.11. The predicted molar refractivity (Wildman–Crippen MR) is 59.2 cm³/mol. The predicted octanol–water partition coefficient (Wildman–Crippen LogP) is 2.65. The zero-order valence-electron chi connectivity index (χ0n) is 9.76. The van der Waals surface area contributed by atoms with Gasteiger partial charge in [-0.05, 0) is 31.5 Å². The van der Waals surface area contributed by atoms with Crippen molar-refractivity contribution < 1.29 is 13.5 Å². The highest BCUT2D eigenvalue weighted by molar-refractivity contribution is 5.20. The molecule has 1 N–H and O–H groups in total. The molecule has 1 aromatic carbocycles. The Hall–Kier alpha value is -1.00. The largest absolute Gasteiger partial charge is 0.383 e. The van der Waals surface area contributed by atoms with Crippen LogP contribution < -0.4 is 5.32 Å². The fraction of sp³-hybridized carbons (Fsp3) is 0.500. The number of rotatable bonds is 5. The lowest BCUT2D eigenvalue weighted by Gasteiger charge is -2.19. The third-order valence-corrected chi connectivity index (χ3v) is 2.34. The number of methoxy groups -OCH3 is 1. The maximum Gasteiger partial charge on any atom is 0.126 e. The smallest absolute Gasteiger partial charge is 0.126 e. The van der Waals surface area contributed by atoms with Crippen LogP contribution in [0.4, 0.5) is 8.78 Å². The Morgan fingerprint density at radius 1 is 1.19 bits per heavy atom. The molecule has 0 bridgehead atoms. The van der Waals surface area contributed by atoms with Gasteiger partial charge in [0.1, 0.15) is 11.6 Å². The van der Waals surface area contributed by atoms with Crippen LogP contribution in [0.2, 0.25) is 0 Å². The average molecular weight is 229 g/mol. The van der Waals surface area contributed by atoms with Crippen LogP contribution in [0.15, 0.2) is 18.2 Å². The summed E-state index contributed by atoms with van der Waals surface area (Å²) in [6, 6.07) is 3.55. The molecule has 0 heterocycles. The summed E-state index contributed by atoms with van der Waals surface area (Å²) in [5.74, 6) is -1.11. The molecule has 4 heteroatoms. The minimum Gasteiger partial charge on any atom is -0.383 e. The molecule has 0 aliphatic heterocycles. The summed E-state index contributed by atoms with van der Waals surface area (Å²) in [4.78, 5) is 0. The van der Waals surface area contributed by atoms with Gasteiger partial charge < -0.3 is 10.1 Å². The first kappa shape index (κ1) is 13.1. The van der Waals surface area contributed by atoms with Gasteiger partial charge in [0.25, 0.3) is 0 Å². The van der Waals surface area contributed by atoms with Gasteiger partial charge in [0.05, 0.1) is 6.61 Å². The summed E-state index contributed by atoms with van der Waals surface area (Å²) in [6.45, 7) is 4.37. The topological polar surface area (TPSA) is 21.3 Å². The second kappa shape index (κ2) is 5.92. The van der Waals surface area contributed by atoms with Crippen molar-refractivity contribution in [3.8, 4) is 0 Å². The molecule has 1 rings (SSSR count). The molecule has 0 aromatic heterocycles. The number of halogens is 2. The fourth-order valence-electron chi connectivity index (χ4n) is 1.65. The lowest BCUT2D eigenvalue weighted by molar-refractivity contribution is 0.167. The monoisotopic (exact) mass is 229 g/mol. The van der Waals surface area contributed by atoms with E-state index in [-0.39, 0.29) is 12.1 Å². The SMILES string of the molecule is COCC(C)NC(C)c1cc(F)cc(F)c1. The number of benzene rings is 1. The van der Waals surface area contributed by atoms with Crippen molar-refractivity contribution in [2.75, 3.05) is 13.7 Å². The van der Waals surface area contributed by atoms with Gasteiger partial charge >= 0.3 is 0 Å². The summed E-state index contributed by atoms with van der Waals surface area (Å²) in [7, 11) is 1.62. The zero-order chi connectivity index (χ0) is 12.1. The first-order valence-electron chi connectivity index (χ1n) is 5.24. The molecule has 2 nitrogen and oxygen atoms in total. The Morgan fingerprint density at radius 3 is 2.25 bits per heavy atom. The van der Waals surface area contributed by atoms with Crippen LogP contribution in [0.5, 0.6) is 0 Å². The van der Waals surface area contributed by atoms with E-state index in [1.807, 2.05) is 13.8 Å². The maximum atomic E-state index is 13.0. The second-order valence-electron chi connectivity index (χ2n) is 3.95. The first-order valence-corrected chi connectivity index (χ1v) is 5.24. The summed E-state index contributed by atoms with van der Waals surface area (Å²) in [5.41, 5.74) is 0.598. The van der Waals surface area contributed by atoms with Crippen molar-refractivity contribution in [3.63, 3.8) is 0 Å². The molecule has 0 amide bonds. The Kier molecular flexibility index (Phi) is 4.83. The molecule has 90 valence electrons. The molecule has 0 aliphatic carbocycles. The lowest BCUT2D eigenvalue weighted by atomic mass is 10.1. The van der Waals surface area contributed by atoms with Gasteiger partial charge in [-0.3, -0.25) is 0 Å². The van der Waals surface area contributed by atoms with Gasteiger partial charge in [-0.25, -0.2) is 8.78 Å². The van der Waals surface area contributed by atoms with E-state index < -0.39 is 11.6 Å². The standard InChI is InChI=1S/C12H17F2NO/c1-8(7-16-3)15-9(2)10-4-11(13)6-12(14)5-10/h4-6,8-9,15H,7H2,1-3H3. The first-order chi connectivity index (χ1) is 7.52. The van der Waals surface area contributed by atoms with Gasteiger partial charge in [0.2, 0.25) is 0 Å². The van der Waals surface area contributed by atoms with Crippen LogP contribution in [0.1, 0.15) is 25.5 Å². The molecular weight excluding hydrogens is 212 g/mol. The van der Waals surface area contributed by atoms with Crippen LogP contribution in [-0.2, 0) is 4.74 Å². The number of ether oxygens (including phenoxy) is 1. The van der Waals surface area contributed by atoms with E-state index in [9.17, 15) is 8.78 Å². The van der Waals surface area contributed by atoms with Crippen molar-refractivity contribution in [1.29, 1.82) is 0 Å². The van der Waals surface area contributed by atoms with E-state index in [1.165, 1.54) is 12.1 Å². The Bertz CT molecular complexity index is 324. The summed E-state index contributed by atoms with van der Waals surface area (Å²) in [5, 5.41) is 3.19. The number of hydrogen-bond acceptors (Lipinski definition) is 2. The molecule has 0 saturated carbocycles. The normalized spacial score (nSPS) is 14.8. The van der Waals surface area contributed by atoms with E-state index >= 15 is 0 Å². The quantitative estimate of drug-likeness (QED) is 0.838. The van der Waals surface area contributed by atoms with E-state index in [2.05, 4.69) is 5.32 Å². The van der Waals surface area contributed by atoms with Crippen molar-refractivity contribution in [2.45, 2.75) is 25.9 Å². The molecule has 0 saturated heterocycles.